The van der Waals surface area contributed by atoms with Gasteiger partial charge in [-0.05, 0) is 43.3 Å². The van der Waals surface area contributed by atoms with E-state index < -0.39 is 0 Å². The summed E-state index contributed by atoms with van der Waals surface area (Å²) >= 11 is 0. The number of nitrogens with one attached hydrogen (secondary N) is 1. The summed E-state index contributed by atoms with van der Waals surface area (Å²) in [6, 6.07) is 4.87. The summed E-state index contributed by atoms with van der Waals surface area (Å²) in [5.74, 6) is 0.626. The summed E-state index contributed by atoms with van der Waals surface area (Å²) in [6.07, 6.45) is 2.60. The topological polar surface area (TPSA) is 27.6 Å². The molecule has 0 atom stereocenters. The van der Waals surface area contributed by atoms with Gasteiger partial charge in [0.25, 0.3) is 0 Å². The van der Waals surface area contributed by atoms with Crippen molar-refractivity contribution in [2.75, 3.05) is 18.1 Å². The van der Waals surface area contributed by atoms with Gasteiger partial charge in [0.15, 0.2) is 0 Å². The quantitative estimate of drug-likeness (QED) is 0.808. The molecule has 0 spiro atoms. The zero-order chi connectivity index (χ0) is 12.3. The SMILES string of the molecule is C=C(NCN=CC)N1CCc2cc(F)ccc21. The van der Waals surface area contributed by atoms with Crippen LogP contribution < -0.4 is 10.2 Å². The molecule has 0 bridgehead atoms. The predicted molar refractivity (Wildman–Crippen MR) is 68.8 cm³/mol. The minimum atomic E-state index is -0.181. The molecule has 1 aromatic rings. The van der Waals surface area contributed by atoms with Crippen LogP contribution in [-0.4, -0.2) is 19.4 Å². The molecule has 0 radical (unpaired) electrons. The van der Waals surface area contributed by atoms with Gasteiger partial charge in [0, 0.05) is 12.2 Å². The lowest BCUT2D eigenvalue weighted by atomic mass is 10.2. The number of rotatable bonds is 4. The van der Waals surface area contributed by atoms with Crippen LogP contribution in [0.2, 0.25) is 0 Å². The van der Waals surface area contributed by atoms with Gasteiger partial charge in [-0.25, -0.2) is 4.39 Å². The van der Waals surface area contributed by atoms with E-state index in [1.807, 2.05) is 6.92 Å². The Kier molecular flexibility index (Phi) is 3.42. The van der Waals surface area contributed by atoms with Gasteiger partial charge in [0.2, 0.25) is 0 Å². The molecule has 1 heterocycles. The highest BCUT2D eigenvalue weighted by molar-refractivity contribution is 5.61. The average molecular weight is 233 g/mol. The van der Waals surface area contributed by atoms with Crippen LogP contribution in [0.4, 0.5) is 10.1 Å². The van der Waals surface area contributed by atoms with Crippen LogP contribution in [0.5, 0.6) is 0 Å². The van der Waals surface area contributed by atoms with Gasteiger partial charge in [-0.15, -0.1) is 0 Å². The van der Waals surface area contributed by atoms with Crippen molar-refractivity contribution in [1.82, 2.24) is 5.32 Å². The number of anilines is 1. The van der Waals surface area contributed by atoms with E-state index in [0.29, 0.717) is 6.67 Å². The van der Waals surface area contributed by atoms with E-state index in [9.17, 15) is 4.39 Å². The first-order valence-electron chi connectivity index (χ1n) is 5.65. The summed E-state index contributed by atoms with van der Waals surface area (Å²) in [4.78, 5) is 6.13. The zero-order valence-electron chi connectivity index (χ0n) is 9.91. The molecule has 0 aliphatic carbocycles. The van der Waals surface area contributed by atoms with Gasteiger partial charge < -0.3 is 10.2 Å². The number of hydrogen-bond acceptors (Lipinski definition) is 3. The minimum Gasteiger partial charge on any atom is -0.353 e. The molecule has 90 valence electrons. The number of benzene rings is 1. The van der Waals surface area contributed by atoms with Crippen molar-refractivity contribution < 1.29 is 4.39 Å². The van der Waals surface area contributed by atoms with Crippen LogP contribution in [0.1, 0.15) is 12.5 Å². The van der Waals surface area contributed by atoms with Crippen molar-refractivity contribution in [1.29, 1.82) is 0 Å². The number of nitrogens with zero attached hydrogens (tertiary/aromatic N) is 2. The van der Waals surface area contributed by atoms with E-state index in [-0.39, 0.29) is 5.82 Å². The fourth-order valence-corrected chi connectivity index (χ4v) is 1.97. The van der Waals surface area contributed by atoms with Crippen LogP contribution in [-0.2, 0) is 6.42 Å². The fraction of sp³-hybridized carbons (Fsp3) is 0.308. The zero-order valence-corrected chi connectivity index (χ0v) is 9.91. The molecule has 1 aliphatic heterocycles. The molecule has 0 saturated heterocycles. The lowest BCUT2D eigenvalue weighted by Gasteiger charge is -2.22. The maximum Gasteiger partial charge on any atom is 0.123 e. The van der Waals surface area contributed by atoms with Crippen LogP contribution in [0, 0.1) is 5.82 Å². The lowest BCUT2D eigenvalue weighted by molar-refractivity contribution is 0.626. The first-order chi connectivity index (χ1) is 8.22. The highest BCUT2D eigenvalue weighted by atomic mass is 19.1. The Morgan fingerprint density at radius 2 is 2.47 bits per heavy atom. The van der Waals surface area contributed by atoms with E-state index in [2.05, 4.69) is 21.8 Å². The van der Waals surface area contributed by atoms with Gasteiger partial charge in [0.05, 0.1) is 5.82 Å². The minimum absolute atomic E-state index is 0.181. The van der Waals surface area contributed by atoms with Gasteiger partial charge in [-0.2, -0.15) is 0 Å². The molecular formula is C13H16FN3. The molecule has 17 heavy (non-hydrogen) atoms. The highest BCUT2D eigenvalue weighted by Crippen LogP contribution is 2.30. The Balaban J connectivity index is 2.08. The normalized spacial score (nSPS) is 14.1. The highest BCUT2D eigenvalue weighted by Gasteiger charge is 2.21. The summed E-state index contributed by atoms with van der Waals surface area (Å²) in [5, 5.41) is 3.12. The molecule has 0 amide bonds. The average Bonchev–Trinajstić information content (AvgIpc) is 2.72. The van der Waals surface area contributed by atoms with Crippen molar-refractivity contribution >= 4 is 11.9 Å². The van der Waals surface area contributed by atoms with Crippen molar-refractivity contribution in [3.8, 4) is 0 Å². The summed E-state index contributed by atoms with van der Waals surface area (Å²) in [7, 11) is 0. The van der Waals surface area contributed by atoms with Crippen molar-refractivity contribution in [3.05, 3.63) is 42.0 Å². The van der Waals surface area contributed by atoms with Crippen LogP contribution in [0.25, 0.3) is 0 Å². The number of fused-ring (bicyclic) bond motifs is 1. The summed E-state index contributed by atoms with van der Waals surface area (Å²) in [6.45, 7) is 7.20. The smallest absolute Gasteiger partial charge is 0.123 e. The fourth-order valence-electron chi connectivity index (χ4n) is 1.97. The molecule has 2 rings (SSSR count). The second kappa shape index (κ2) is 4.99. The van der Waals surface area contributed by atoms with Gasteiger partial charge >= 0.3 is 0 Å². The Bertz CT molecular complexity index is 454. The molecule has 4 heteroatoms. The first-order valence-corrected chi connectivity index (χ1v) is 5.65. The lowest BCUT2D eigenvalue weighted by Crippen LogP contribution is -2.29. The van der Waals surface area contributed by atoms with Crippen molar-refractivity contribution in [2.24, 2.45) is 4.99 Å². The molecule has 0 fully saturated rings. The second-order valence-corrected chi connectivity index (χ2v) is 3.90. The van der Waals surface area contributed by atoms with Gasteiger partial charge in [-0.3, -0.25) is 4.99 Å². The molecular weight excluding hydrogens is 217 g/mol. The Labute approximate surface area is 101 Å². The van der Waals surface area contributed by atoms with Crippen LogP contribution in [0.3, 0.4) is 0 Å². The van der Waals surface area contributed by atoms with Crippen molar-refractivity contribution in [3.63, 3.8) is 0 Å². The van der Waals surface area contributed by atoms with E-state index in [4.69, 9.17) is 0 Å². The monoisotopic (exact) mass is 233 g/mol. The van der Waals surface area contributed by atoms with E-state index in [0.717, 1.165) is 30.0 Å². The maximum atomic E-state index is 13.1. The molecule has 1 aliphatic rings. The van der Waals surface area contributed by atoms with Gasteiger partial charge in [0.1, 0.15) is 12.5 Å². The van der Waals surface area contributed by atoms with E-state index in [1.54, 1.807) is 18.3 Å². The molecule has 0 saturated carbocycles. The van der Waals surface area contributed by atoms with Crippen molar-refractivity contribution in [2.45, 2.75) is 13.3 Å². The third-order valence-corrected chi connectivity index (χ3v) is 2.82. The van der Waals surface area contributed by atoms with E-state index >= 15 is 0 Å². The first kappa shape index (κ1) is 11.6. The van der Waals surface area contributed by atoms with Crippen LogP contribution in [0.15, 0.2) is 35.6 Å². The third kappa shape index (κ3) is 2.46. The molecule has 0 aromatic heterocycles. The molecule has 1 aromatic carbocycles. The standard InChI is InChI=1S/C13H16FN3/c1-3-15-9-16-10(2)17-7-6-11-8-12(14)4-5-13(11)17/h3-5,8,16H,2,6-7,9H2,1H3. The number of aliphatic imine (C=N–C) groups is 1. The molecule has 0 unspecified atom stereocenters. The largest absolute Gasteiger partial charge is 0.353 e. The third-order valence-electron chi connectivity index (χ3n) is 2.82. The summed E-state index contributed by atoms with van der Waals surface area (Å²) in [5.41, 5.74) is 2.07. The Hall–Kier alpha value is -1.84. The Morgan fingerprint density at radius 3 is 3.24 bits per heavy atom. The molecule has 1 N–H and O–H groups in total. The summed E-state index contributed by atoms with van der Waals surface area (Å²) < 4.78 is 13.1. The number of hydrogen-bond donors (Lipinski definition) is 1. The molecule has 3 nitrogen and oxygen atoms in total. The Morgan fingerprint density at radius 1 is 1.65 bits per heavy atom. The van der Waals surface area contributed by atoms with Crippen LogP contribution >= 0.6 is 0 Å². The second-order valence-electron chi connectivity index (χ2n) is 3.90. The van der Waals surface area contributed by atoms with E-state index in [1.165, 1.54) is 6.07 Å². The maximum absolute atomic E-state index is 13.1. The number of halogens is 1. The predicted octanol–water partition coefficient (Wildman–Crippen LogP) is 2.30. The van der Waals surface area contributed by atoms with Gasteiger partial charge in [-0.1, -0.05) is 6.58 Å².